The Morgan fingerprint density at radius 2 is 2.20 bits per heavy atom. The minimum Gasteiger partial charge on any atom is -0.485 e. The molecule has 15 heavy (non-hydrogen) atoms. The molecule has 0 saturated carbocycles. The van der Waals surface area contributed by atoms with Crippen LogP contribution in [0, 0.1) is 0 Å². The van der Waals surface area contributed by atoms with E-state index in [9.17, 15) is 0 Å². The van der Waals surface area contributed by atoms with E-state index < -0.39 is 0 Å². The highest BCUT2D eigenvalue weighted by molar-refractivity contribution is 5.58. The largest absolute Gasteiger partial charge is 0.485 e. The summed E-state index contributed by atoms with van der Waals surface area (Å²) in [7, 11) is 0. The van der Waals surface area contributed by atoms with Gasteiger partial charge in [-0.15, -0.1) is 0 Å². The van der Waals surface area contributed by atoms with E-state index in [-0.39, 0.29) is 5.60 Å². The summed E-state index contributed by atoms with van der Waals surface area (Å²) in [5.41, 5.74) is 2.63. The van der Waals surface area contributed by atoms with Crippen molar-refractivity contribution in [1.82, 2.24) is 5.32 Å². The van der Waals surface area contributed by atoms with E-state index >= 15 is 0 Å². The van der Waals surface area contributed by atoms with E-state index in [1.807, 2.05) is 0 Å². The minimum atomic E-state index is -0.00710. The number of anilines is 1. The number of benzene rings is 1. The van der Waals surface area contributed by atoms with Gasteiger partial charge < -0.3 is 15.4 Å². The first-order chi connectivity index (χ1) is 7.25. The quantitative estimate of drug-likeness (QED) is 0.764. The second-order valence-corrected chi connectivity index (χ2v) is 4.65. The highest BCUT2D eigenvalue weighted by atomic mass is 16.5. The van der Waals surface area contributed by atoms with Crippen LogP contribution in [0.3, 0.4) is 0 Å². The molecule has 1 fully saturated rings. The van der Waals surface area contributed by atoms with Crippen LogP contribution in [0.5, 0.6) is 5.75 Å². The summed E-state index contributed by atoms with van der Waals surface area (Å²) < 4.78 is 5.96. The Labute approximate surface area is 89.8 Å². The SMILES string of the molecule is CC1(Oc2ccc3c(c2)NCC3)CNC1. The Morgan fingerprint density at radius 3 is 2.93 bits per heavy atom. The molecule has 3 rings (SSSR count). The lowest BCUT2D eigenvalue weighted by atomic mass is 10.00. The summed E-state index contributed by atoms with van der Waals surface area (Å²) in [5.74, 6) is 0.979. The van der Waals surface area contributed by atoms with E-state index in [2.05, 4.69) is 35.8 Å². The lowest BCUT2D eigenvalue weighted by Gasteiger charge is -2.39. The lowest BCUT2D eigenvalue weighted by Crippen LogP contribution is -2.61. The molecule has 0 amide bonds. The first kappa shape index (κ1) is 9.04. The summed E-state index contributed by atoms with van der Waals surface area (Å²) in [6.07, 6.45) is 1.13. The normalized spacial score (nSPS) is 21.4. The van der Waals surface area contributed by atoms with Gasteiger partial charge in [0.05, 0.1) is 0 Å². The fourth-order valence-electron chi connectivity index (χ4n) is 2.17. The van der Waals surface area contributed by atoms with Crippen LogP contribution in [0.4, 0.5) is 5.69 Å². The van der Waals surface area contributed by atoms with Crippen LogP contribution < -0.4 is 15.4 Å². The molecular formula is C12H16N2O. The molecule has 2 N–H and O–H groups in total. The van der Waals surface area contributed by atoms with Crippen molar-refractivity contribution >= 4 is 5.69 Å². The number of ether oxygens (including phenoxy) is 1. The molecule has 2 heterocycles. The Bertz CT molecular complexity index is 385. The third-order valence-corrected chi connectivity index (χ3v) is 3.15. The fourth-order valence-corrected chi connectivity index (χ4v) is 2.17. The second kappa shape index (κ2) is 3.14. The van der Waals surface area contributed by atoms with Gasteiger partial charge >= 0.3 is 0 Å². The van der Waals surface area contributed by atoms with Crippen LogP contribution >= 0.6 is 0 Å². The number of fused-ring (bicyclic) bond motifs is 1. The topological polar surface area (TPSA) is 33.3 Å². The van der Waals surface area contributed by atoms with Gasteiger partial charge in [-0.1, -0.05) is 6.07 Å². The Kier molecular flexibility index (Phi) is 1.89. The maximum atomic E-state index is 5.96. The van der Waals surface area contributed by atoms with Crippen molar-refractivity contribution < 1.29 is 4.74 Å². The number of hydrogen-bond donors (Lipinski definition) is 2. The van der Waals surface area contributed by atoms with E-state index in [4.69, 9.17) is 4.74 Å². The molecule has 1 saturated heterocycles. The van der Waals surface area contributed by atoms with Crippen molar-refractivity contribution in [2.24, 2.45) is 0 Å². The molecule has 0 atom stereocenters. The van der Waals surface area contributed by atoms with Gasteiger partial charge in [-0.2, -0.15) is 0 Å². The van der Waals surface area contributed by atoms with Gasteiger partial charge in [0.1, 0.15) is 11.4 Å². The zero-order valence-corrected chi connectivity index (χ0v) is 8.97. The predicted octanol–water partition coefficient (Wildman–Crippen LogP) is 1.40. The van der Waals surface area contributed by atoms with Crippen LogP contribution in [-0.4, -0.2) is 25.2 Å². The van der Waals surface area contributed by atoms with Crippen molar-refractivity contribution in [1.29, 1.82) is 0 Å². The molecule has 0 aromatic heterocycles. The fraction of sp³-hybridized carbons (Fsp3) is 0.500. The molecule has 3 nitrogen and oxygen atoms in total. The van der Waals surface area contributed by atoms with Crippen molar-refractivity contribution in [3.8, 4) is 5.75 Å². The molecule has 0 radical (unpaired) electrons. The average molecular weight is 204 g/mol. The van der Waals surface area contributed by atoms with Crippen LogP contribution in [0.2, 0.25) is 0 Å². The zero-order valence-electron chi connectivity index (χ0n) is 8.97. The van der Waals surface area contributed by atoms with E-state index in [1.165, 1.54) is 11.3 Å². The highest BCUT2D eigenvalue weighted by Gasteiger charge is 2.33. The molecule has 2 aliphatic rings. The maximum Gasteiger partial charge on any atom is 0.131 e. The standard InChI is InChI=1S/C12H16N2O/c1-12(7-13-8-12)15-10-3-2-9-4-5-14-11(9)6-10/h2-3,6,13-14H,4-5,7-8H2,1H3. The van der Waals surface area contributed by atoms with Gasteiger partial charge in [-0.05, 0) is 25.0 Å². The molecule has 0 bridgehead atoms. The van der Waals surface area contributed by atoms with Crippen molar-refractivity contribution in [2.45, 2.75) is 18.9 Å². The number of nitrogens with one attached hydrogen (secondary N) is 2. The van der Waals surface area contributed by atoms with Crippen molar-refractivity contribution in [3.05, 3.63) is 23.8 Å². The van der Waals surface area contributed by atoms with Crippen LogP contribution in [0.1, 0.15) is 12.5 Å². The molecule has 1 aromatic rings. The molecule has 2 aliphatic heterocycles. The Balaban J connectivity index is 1.81. The molecule has 0 unspecified atom stereocenters. The smallest absolute Gasteiger partial charge is 0.131 e. The van der Waals surface area contributed by atoms with Crippen LogP contribution in [0.25, 0.3) is 0 Å². The Hall–Kier alpha value is -1.22. The van der Waals surface area contributed by atoms with E-state index in [1.54, 1.807) is 0 Å². The second-order valence-electron chi connectivity index (χ2n) is 4.65. The molecule has 1 aromatic carbocycles. The predicted molar refractivity (Wildman–Crippen MR) is 60.5 cm³/mol. The summed E-state index contributed by atoms with van der Waals surface area (Å²) >= 11 is 0. The van der Waals surface area contributed by atoms with Gasteiger partial charge in [-0.25, -0.2) is 0 Å². The minimum absolute atomic E-state index is 0.00710. The summed E-state index contributed by atoms with van der Waals surface area (Å²) in [4.78, 5) is 0. The van der Waals surface area contributed by atoms with Crippen molar-refractivity contribution in [2.75, 3.05) is 25.0 Å². The zero-order chi connectivity index (χ0) is 10.3. The Morgan fingerprint density at radius 1 is 1.33 bits per heavy atom. The third-order valence-electron chi connectivity index (χ3n) is 3.15. The summed E-state index contributed by atoms with van der Waals surface area (Å²) in [5, 5.41) is 6.60. The van der Waals surface area contributed by atoms with Crippen molar-refractivity contribution in [3.63, 3.8) is 0 Å². The monoisotopic (exact) mass is 204 g/mol. The average Bonchev–Trinajstić information content (AvgIpc) is 2.62. The first-order valence-corrected chi connectivity index (χ1v) is 5.52. The highest BCUT2D eigenvalue weighted by Crippen LogP contribution is 2.29. The van der Waals surface area contributed by atoms with Gasteiger partial charge in [0.15, 0.2) is 0 Å². The number of rotatable bonds is 2. The number of hydrogen-bond acceptors (Lipinski definition) is 3. The lowest BCUT2D eigenvalue weighted by molar-refractivity contribution is 0.0349. The third kappa shape index (κ3) is 1.57. The molecule has 3 heteroatoms. The van der Waals surface area contributed by atoms with Gasteiger partial charge in [0.25, 0.3) is 0 Å². The molecule has 0 aliphatic carbocycles. The summed E-state index contributed by atoms with van der Waals surface area (Å²) in [6, 6.07) is 6.36. The van der Waals surface area contributed by atoms with Gasteiger partial charge in [0, 0.05) is 31.4 Å². The molecular weight excluding hydrogens is 188 g/mol. The van der Waals surface area contributed by atoms with E-state index in [0.29, 0.717) is 0 Å². The van der Waals surface area contributed by atoms with Gasteiger partial charge in [0.2, 0.25) is 0 Å². The first-order valence-electron chi connectivity index (χ1n) is 5.52. The molecule has 0 spiro atoms. The van der Waals surface area contributed by atoms with Crippen LogP contribution in [-0.2, 0) is 6.42 Å². The summed E-state index contributed by atoms with van der Waals surface area (Å²) in [6.45, 7) is 5.08. The maximum absolute atomic E-state index is 5.96. The van der Waals surface area contributed by atoms with E-state index in [0.717, 1.165) is 31.8 Å². The van der Waals surface area contributed by atoms with Gasteiger partial charge in [-0.3, -0.25) is 0 Å². The van der Waals surface area contributed by atoms with Crippen LogP contribution in [0.15, 0.2) is 18.2 Å². The molecule has 80 valence electrons.